The first-order valence-corrected chi connectivity index (χ1v) is 9.76. The molecule has 0 atom stereocenters. The fraction of sp³-hybridized carbons (Fsp3) is 0.933. The van der Waals surface area contributed by atoms with Gasteiger partial charge in [-0.2, -0.15) is 0 Å². The number of hydrogen-bond donors (Lipinski definition) is 0. The van der Waals surface area contributed by atoms with Gasteiger partial charge in [-0.1, -0.05) is 0 Å². The van der Waals surface area contributed by atoms with Gasteiger partial charge in [-0.15, -0.1) is 0 Å². The van der Waals surface area contributed by atoms with E-state index in [0.717, 1.165) is 12.8 Å². The van der Waals surface area contributed by atoms with Crippen LogP contribution < -0.4 is 0 Å². The summed E-state index contributed by atoms with van der Waals surface area (Å²) in [6, 6.07) is 0. The highest BCUT2D eigenvalue weighted by Gasteiger charge is 2.34. The molecule has 0 unspecified atom stereocenters. The standard InChI is InChI=1S/C15H29NO5S/c1-14(2,3)21-13(17)16-9-7-15(4,8-10-16)20-11-6-12-22(5,18)19/h6-12H2,1-5H3. The Labute approximate surface area is 134 Å². The van der Waals surface area contributed by atoms with Gasteiger partial charge >= 0.3 is 6.09 Å². The van der Waals surface area contributed by atoms with Crippen LogP contribution in [0.2, 0.25) is 0 Å². The molecule has 1 saturated heterocycles. The molecule has 0 radical (unpaired) electrons. The average Bonchev–Trinajstić information content (AvgIpc) is 2.32. The van der Waals surface area contributed by atoms with Crippen LogP contribution in [0.4, 0.5) is 4.79 Å². The minimum Gasteiger partial charge on any atom is -0.444 e. The quantitative estimate of drug-likeness (QED) is 0.720. The molecule has 1 rings (SSSR count). The van der Waals surface area contributed by atoms with Gasteiger partial charge < -0.3 is 14.4 Å². The van der Waals surface area contributed by atoms with E-state index in [1.165, 1.54) is 6.26 Å². The zero-order valence-corrected chi connectivity index (χ0v) is 15.2. The fourth-order valence-corrected chi connectivity index (χ4v) is 2.92. The number of amides is 1. The Balaban J connectivity index is 2.35. The van der Waals surface area contributed by atoms with E-state index in [2.05, 4.69) is 0 Å². The second kappa shape index (κ2) is 7.17. The van der Waals surface area contributed by atoms with Gasteiger partial charge in [0.05, 0.1) is 11.4 Å². The van der Waals surface area contributed by atoms with Crippen molar-refractivity contribution >= 4 is 15.9 Å². The highest BCUT2D eigenvalue weighted by molar-refractivity contribution is 7.90. The summed E-state index contributed by atoms with van der Waals surface area (Å²) < 4.78 is 33.4. The molecule has 0 bridgehead atoms. The van der Waals surface area contributed by atoms with Crippen LogP contribution in [-0.4, -0.2) is 62.3 Å². The van der Waals surface area contributed by atoms with Crippen molar-refractivity contribution in [3.63, 3.8) is 0 Å². The van der Waals surface area contributed by atoms with Gasteiger partial charge in [0.15, 0.2) is 0 Å². The molecule has 130 valence electrons. The summed E-state index contributed by atoms with van der Waals surface area (Å²) in [5.74, 6) is 0.146. The van der Waals surface area contributed by atoms with Crippen LogP contribution in [-0.2, 0) is 19.3 Å². The number of likely N-dealkylation sites (tertiary alicyclic amines) is 1. The number of piperidine rings is 1. The Hall–Kier alpha value is -0.820. The van der Waals surface area contributed by atoms with Crippen molar-refractivity contribution in [2.24, 2.45) is 0 Å². The summed E-state index contributed by atoms with van der Waals surface area (Å²) in [6.45, 7) is 9.18. The van der Waals surface area contributed by atoms with Gasteiger partial charge in [0.2, 0.25) is 0 Å². The van der Waals surface area contributed by atoms with Crippen molar-refractivity contribution in [3.05, 3.63) is 0 Å². The third-order valence-electron chi connectivity index (χ3n) is 3.58. The first-order valence-electron chi connectivity index (χ1n) is 7.70. The predicted molar refractivity (Wildman–Crippen MR) is 85.7 cm³/mol. The summed E-state index contributed by atoms with van der Waals surface area (Å²) in [4.78, 5) is 13.7. The topological polar surface area (TPSA) is 72.9 Å². The summed E-state index contributed by atoms with van der Waals surface area (Å²) in [5.41, 5.74) is -0.782. The lowest BCUT2D eigenvalue weighted by Crippen LogP contribution is -2.48. The summed E-state index contributed by atoms with van der Waals surface area (Å²) in [5, 5.41) is 0. The normalized spacial score (nSPS) is 19.0. The van der Waals surface area contributed by atoms with Crippen LogP contribution in [0.15, 0.2) is 0 Å². The van der Waals surface area contributed by atoms with Crippen molar-refractivity contribution in [3.8, 4) is 0 Å². The first kappa shape index (κ1) is 19.2. The molecule has 1 aliphatic rings. The maximum atomic E-state index is 12.0. The highest BCUT2D eigenvalue weighted by atomic mass is 32.2. The van der Waals surface area contributed by atoms with Crippen molar-refractivity contribution in [2.45, 2.75) is 58.2 Å². The third kappa shape index (κ3) is 7.45. The van der Waals surface area contributed by atoms with Crippen molar-refractivity contribution in [1.82, 2.24) is 4.90 Å². The zero-order valence-electron chi connectivity index (χ0n) is 14.3. The fourth-order valence-electron chi connectivity index (χ4n) is 2.27. The molecule has 1 aliphatic heterocycles. The van der Waals surface area contributed by atoms with E-state index in [4.69, 9.17) is 9.47 Å². The molecular formula is C15H29NO5S. The molecule has 0 aromatic carbocycles. The van der Waals surface area contributed by atoms with Crippen LogP contribution >= 0.6 is 0 Å². The first-order chi connectivity index (χ1) is 9.90. The third-order valence-corrected chi connectivity index (χ3v) is 4.61. The number of carbonyl (C=O) groups excluding carboxylic acids is 1. The average molecular weight is 335 g/mol. The number of nitrogens with zero attached hydrogens (tertiary/aromatic N) is 1. The Bertz CT molecular complexity index is 473. The predicted octanol–water partition coefficient (Wildman–Crippen LogP) is 2.23. The van der Waals surface area contributed by atoms with E-state index >= 15 is 0 Å². The molecular weight excluding hydrogens is 306 g/mol. The Morgan fingerprint density at radius 1 is 1.23 bits per heavy atom. The zero-order chi connectivity index (χ0) is 17.0. The molecule has 1 fully saturated rings. The van der Waals surface area contributed by atoms with Crippen LogP contribution in [0, 0.1) is 0 Å². The Kier molecular flexibility index (Phi) is 6.27. The van der Waals surface area contributed by atoms with Gasteiger partial charge in [0.1, 0.15) is 15.4 Å². The number of rotatable bonds is 5. The number of carbonyl (C=O) groups is 1. The minimum atomic E-state index is -2.93. The van der Waals surface area contributed by atoms with Crippen LogP contribution in [0.1, 0.15) is 47.0 Å². The van der Waals surface area contributed by atoms with Crippen LogP contribution in [0.5, 0.6) is 0 Å². The lowest BCUT2D eigenvalue weighted by atomic mass is 9.93. The monoisotopic (exact) mass is 335 g/mol. The molecule has 0 N–H and O–H groups in total. The molecule has 0 aromatic rings. The lowest BCUT2D eigenvalue weighted by molar-refractivity contribution is -0.0720. The van der Waals surface area contributed by atoms with Gasteiger partial charge in [0.25, 0.3) is 0 Å². The number of sulfone groups is 1. The number of ether oxygens (including phenoxy) is 2. The van der Waals surface area contributed by atoms with E-state index in [1.807, 2.05) is 27.7 Å². The molecule has 0 saturated carbocycles. The van der Waals surface area contributed by atoms with E-state index in [0.29, 0.717) is 26.1 Å². The molecule has 1 heterocycles. The smallest absolute Gasteiger partial charge is 0.410 e. The van der Waals surface area contributed by atoms with Gasteiger partial charge in [-0.25, -0.2) is 13.2 Å². The largest absolute Gasteiger partial charge is 0.444 e. The van der Waals surface area contributed by atoms with Crippen LogP contribution in [0.25, 0.3) is 0 Å². The van der Waals surface area contributed by atoms with E-state index in [-0.39, 0.29) is 17.4 Å². The maximum absolute atomic E-state index is 12.0. The van der Waals surface area contributed by atoms with Gasteiger partial charge in [-0.05, 0) is 47.0 Å². The summed E-state index contributed by atoms with van der Waals surface area (Å²) in [6.07, 6.45) is 2.90. The minimum absolute atomic E-state index is 0.146. The molecule has 1 amide bonds. The van der Waals surface area contributed by atoms with Crippen molar-refractivity contribution in [1.29, 1.82) is 0 Å². The highest BCUT2D eigenvalue weighted by Crippen LogP contribution is 2.27. The van der Waals surface area contributed by atoms with Crippen LogP contribution in [0.3, 0.4) is 0 Å². The van der Waals surface area contributed by atoms with Crippen molar-refractivity contribution < 1.29 is 22.7 Å². The number of hydrogen-bond acceptors (Lipinski definition) is 5. The van der Waals surface area contributed by atoms with E-state index in [1.54, 1.807) is 4.90 Å². The second-order valence-corrected chi connectivity index (χ2v) is 9.51. The molecule has 22 heavy (non-hydrogen) atoms. The molecule has 0 spiro atoms. The molecule has 7 heteroatoms. The Morgan fingerprint density at radius 3 is 2.23 bits per heavy atom. The van der Waals surface area contributed by atoms with E-state index < -0.39 is 15.4 Å². The molecule has 6 nitrogen and oxygen atoms in total. The second-order valence-electron chi connectivity index (χ2n) is 7.25. The summed E-state index contributed by atoms with van der Waals surface area (Å²) >= 11 is 0. The lowest BCUT2D eigenvalue weighted by Gasteiger charge is -2.39. The van der Waals surface area contributed by atoms with Gasteiger partial charge in [-0.3, -0.25) is 0 Å². The van der Waals surface area contributed by atoms with E-state index in [9.17, 15) is 13.2 Å². The van der Waals surface area contributed by atoms with Gasteiger partial charge in [0, 0.05) is 26.0 Å². The molecule has 0 aliphatic carbocycles. The summed E-state index contributed by atoms with van der Waals surface area (Å²) in [7, 11) is -2.93. The SMILES string of the molecule is CC(C)(C)OC(=O)N1CCC(C)(OCCCS(C)(=O)=O)CC1. The molecule has 0 aromatic heterocycles. The maximum Gasteiger partial charge on any atom is 0.410 e. The van der Waals surface area contributed by atoms with Crippen molar-refractivity contribution in [2.75, 3.05) is 31.7 Å². The Morgan fingerprint density at radius 2 is 1.77 bits per heavy atom.